The van der Waals surface area contributed by atoms with E-state index in [1.807, 2.05) is 4.68 Å². The Morgan fingerprint density at radius 1 is 1.27 bits per heavy atom. The number of likely N-dealkylation sites (tertiary alicyclic amines) is 1. The van der Waals surface area contributed by atoms with Gasteiger partial charge in [0.1, 0.15) is 29.4 Å². The van der Waals surface area contributed by atoms with Crippen LogP contribution in [0.1, 0.15) is 87.5 Å². The van der Waals surface area contributed by atoms with E-state index in [2.05, 4.69) is 39.6 Å². The molecule has 0 spiro atoms. The molecule has 0 aromatic carbocycles. The molecule has 10 heteroatoms. The molecule has 2 aromatic heterocycles. The average molecular weight is 532 g/mol. The molecule has 4 rings (SSSR count). The van der Waals surface area contributed by atoms with Crippen molar-refractivity contribution in [3.8, 4) is 5.75 Å². The monoisotopic (exact) mass is 531 g/mol. The van der Waals surface area contributed by atoms with Crippen LogP contribution in [0.4, 0.5) is 17.3 Å². The lowest BCUT2D eigenvalue weighted by molar-refractivity contribution is 0.102. The predicted octanol–water partition coefficient (Wildman–Crippen LogP) is 5.30. The van der Waals surface area contributed by atoms with Gasteiger partial charge in [-0.25, -0.2) is 4.68 Å². The van der Waals surface area contributed by atoms with E-state index >= 15 is 0 Å². The van der Waals surface area contributed by atoms with Gasteiger partial charge >= 0.3 is 0 Å². The van der Waals surface area contributed by atoms with E-state index in [1.54, 1.807) is 18.5 Å². The number of hydrogen-bond acceptors (Lipinski definition) is 7. The zero-order chi connectivity index (χ0) is 26.2. The first-order valence-corrected chi connectivity index (χ1v) is 14.3. The fraction of sp³-hybridized carbons (Fsp3) is 0.667. The van der Waals surface area contributed by atoms with Crippen molar-refractivity contribution in [2.45, 2.75) is 88.6 Å². The Balaban J connectivity index is 1.40. The molecule has 1 fully saturated rings. The number of anilines is 3. The number of pyridine rings is 1. The second-order valence-corrected chi connectivity index (χ2v) is 10.9. The molecule has 0 aliphatic carbocycles. The highest BCUT2D eigenvalue weighted by Gasteiger charge is 2.34. The third-order valence-corrected chi connectivity index (χ3v) is 8.04. The first-order valence-electron chi connectivity index (χ1n) is 13.8. The normalized spacial score (nSPS) is 21.4. The number of nitrogens with zero attached hydrogens (tertiary/aromatic N) is 4. The first-order chi connectivity index (χ1) is 18.0. The summed E-state index contributed by atoms with van der Waals surface area (Å²) in [7, 11) is 2.11. The van der Waals surface area contributed by atoms with Crippen LogP contribution >= 0.6 is 11.6 Å². The number of aromatic nitrogens is 3. The van der Waals surface area contributed by atoms with Crippen molar-refractivity contribution in [2.24, 2.45) is 0 Å². The van der Waals surface area contributed by atoms with Gasteiger partial charge in [-0.05, 0) is 32.9 Å². The number of ether oxygens (including phenoxy) is 1. The van der Waals surface area contributed by atoms with Crippen LogP contribution in [-0.2, 0) is 0 Å². The Kier molecular flexibility index (Phi) is 9.91. The van der Waals surface area contributed by atoms with Crippen LogP contribution in [0.25, 0.3) is 0 Å². The second kappa shape index (κ2) is 13.3. The van der Waals surface area contributed by atoms with Crippen molar-refractivity contribution < 1.29 is 9.53 Å². The zero-order valence-electron chi connectivity index (χ0n) is 22.2. The van der Waals surface area contributed by atoms with Crippen molar-refractivity contribution in [2.75, 3.05) is 43.1 Å². The van der Waals surface area contributed by atoms with Crippen molar-refractivity contribution in [3.63, 3.8) is 0 Å². The molecule has 2 aliphatic heterocycles. The zero-order valence-corrected chi connectivity index (χ0v) is 23.0. The van der Waals surface area contributed by atoms with Gasteiger partial charge in [-0.15, -0.1) is 11.6 Å². The summed E-state index contributed by atoms with van der Waals surface area (Å²) >= 11 is 6.69. The van der Waals surface area contributed by atoms with Crippen LogP contribution in [0.15, 0.2) is 18.5 Å². The molecule has 9 nitrogen and oxygen atoms in total. The molecule has 37 heavy (non-hydrogen) atoms. The summed E-state index contributed by atoms with van der Waals surface area (Å²) in [4.78, 5) is 19.9. The minimum absolute atomic E-state index is 0.00176. The molecule has 204 valence electrons. The van der Waals surface area contributed by atoms with Gasteiger partial charge in [-0.3, -0.25) is 9.78 Å². The number of rotatable bonds is 13. The van der Waals surface area contributed by atoms with Gasteiger partial charge < -0.3 is 26.0 Å². The summed E-state index contributed by atoms with van der Waals surface area (Å²) < 4.78 is 7.91. The molecule has 2 aromatic rings. The highest BCUT2D eigenvalue weighted by Crippen LogP contribution is 2.36. The minimum Gasteiger partial charge on any atom is -0.490 e. The summed E-state index contributed by atoms with van der Waals surface area (Å²) in [6.45, 7) is 4.44. The fourth-order valence-electron chi connectivity index (χ4n) is 5.34. The van der Waals surface area contributed by atoms with Gasteiger partial charge in [0.15, 0.2) is 5.82 Å². The van der Waals surface area contributed by atoms with E-state index < -0.39 is 0 Å². The number of unbranched alkanes of at least 4 members (excludes halogenated alkanes) is 6. The predicted molar refractivity (Wildman–Crippen MR) is 150 cm³/mol. The van der Waals surface area contributed by atoms with Crippen molar-refractivity contribution in [3.05, 3.63) is 24.0 Å². The largest absolute Gasteiger partial charge is 0.490 e. The Bertz CT molecular complexity index is 1030. The van der Waals surface area contributed by atoms with Gasteiger partial charge in [0.2, 0.25) is 0 Å². The lowest BCUT2D eigenvalue weighted by atomic mass is 10.0. The summed E-state index contributed by atoms with van der Waals surface area (Å²) in [6.07, 6.45) is 15.1. The van der Waals surface area contributed by atoms with Gasteiger partial charge in [0, 0.05) is 24.8 Å². The van der Waals surface area contributed by atoms with E-state index in [4.69, 9.17) is 22.1 Å². The van der Waals surface area contributed by atoms with Gasteiger partial charge in [-0.1, -0.05) is 51.9 Å². The van der Waals surface area contributed by atoms with Crippen molar-refractivity contribution >= 4 is 34.8 Å². The van der Waals surface area contributed by atoms with Crippen molar-refractivity contribution in [1.29, 1.82) is 0 Å². The number of carbonyl (C=O) groups excluding carboxylic acids is 1. The molecule has 3 atom stereocenters. The van der Waals surface area contributed by atoms with E-state index in [0.717, 1.165) is 25.8 Å². The number of carbonyl (C=O) groups is 1. The molecule has 0 saturated carbocycles. The first kappa shape index (κ1) is 27.5. The van der Waals surface area contributed by atoms with Gasteiger partial charge in [0.05, 0.1) is 17.6 Å². The lowest BCUT2D eigenvalue weighted by Gasteiger charge is -2.30. The van der Waals surface area contributed by atoms with Crippen LogP contribution in [0.3, 0.4) is 0 Å². The summed E-state index contributed by atoms with van der Waals surface area (Å²) in [5, 5.41) is 10.6. The number of fused-ring (bicyclic) bond motifs is 1. The van der Waals surface area contributed by atoms with Crippen LogP contribution in [0, 0.1) is 0 Å². The van der Waals surface area contributed by atoms with E-state index in [0.29, 0.717) is 42.0 Å². The Morgan fingerprint density at radius 3 is 2.81 bits per heavy atom. The molecule has 1 amide bonds. The topological polar surface area (TPSA) is 110 Å². The van der Waals surface area contributed by atoms with Crippen molar-refractivity contribution in [1.82, 2.24) is 19.7 Å². The van der Waals surface area contributed by atoms with E-state index in [-0.39, 0.29) is 23.1 Å². The number of nitrogens with two attached hydrogens (primary N) is 1. The smallest absolute Gasteiger partial charge is 0.263 e. The Morgan fingerprint density at radius 2 is 2.05 bits per heavy atom. The Hall–Kier alpha value is -2.52. The third-order valence-electron chi connectivity index (χ3n) is 7.60. The maximum absolute atomic E-state index is 13.4. The fourth-order valence-corrected chi connectivity index (χ4v) is 5.65. The third kappa shape index (κ3) is 6.87. The number of likely N-dealkylation sites (N-methyl/N-ethyl adjacent to an activating group) is 1. The van der Waals surface area contributed by atoms with Gasteiger partial charge in [0.25, 0.3) is 5.91 Å². The molecule has 4 N–H and O–H groups in total. The van der Waals surface area contributed by atoms with Crippen LogP contribution in [-0.4, -0.2) is 63.7 Å². The number of hydrogen-bond donors (Lipinski definition) is 3. The number of nitrogen functional groups attached to an aromatic ring is 1. The second-order valence-electron chi connectivity index (χ2n) is 10.3. The van der Waals surface area contributed by atoms with E-state index in [9.17, 15) is 4.79 Å². The lowest BCUT2D eigenvalue weighted by Crippen LogP contribution is -2.34. The summed E-state index contributed by atoms with van der Waals surface area (Å²) in [5.41, 5.74) is 7.12. The maximum atomic E-state index is 13.4. The maximum Gasteiger partial charge on any atom is 0.263 e. The highest BCUT2D eigenvalue weighted by atomic mass is 35.5. The average Bonchev–Trinajstić information content (AvgIpc) is 3.45. The van der Waals surface area contributed by atoms with Gasteiger partial charge in [-0.2, -0.15) is 5.10 Å². The minimum atomic E-state index is -0.343. The van der Waals surface area contributed by atoms with Crippen LogP contribution in [0.2, 0.25) is 0 Å². The molecule has 0 radical (unpaired) electrons. The SMILES string of the molecule is CCCCCCCCCC1C(Cl)CNc2c(C(=O)Nc3cnccc3OC[C@H]3CCCN3C)c(N)nn21. The number of halogens is 1. The summed E-state index contributed by atoms with van der Waals surface area (Å²) in [6, 6.07) is 2.14. The Labute approximate surface area is 225 Å². The number of alkyl halides is 1. The number of nitrogens with one attached hydrogen (secondary N) is 2. The summed E-state index contributed by atoms with van der Waals surface area (Å²) in [5.74, 6) is 1.06. The quantitative estimate of drug-likeness (QED) is 0.237. The van der Waals surface area contributed by atoms with E-state index in [1.165, 1.54) is 44.9 Å². The van der Waals surface area contributed by atoms with Crippen LogP contribution in [0.5, 0.6) is 5.75 Å². The van der Waals surface area contributed by atoms with Crippen LogP contribution < -0.4 is 21.1 Å². The molecule has 1 saturated heterocycles. The molecular formula is C27H42ClN7O2. The molecule has 2 unspecified atom stereocenters. The molecule has 4 heterocycles. The molecule has 0 bridgehead atoms. The standard InChI is InChI=1S/C27H42ClN7O2/c1-3-4-5-6-7-8-9-12-22-20(28)16-31-26-24(25(29)33-35(22)26)27(36)32-21-17-30-14-13-23(21)37-18-19-11-10-15-34(19)2/h13-14,17,19-20,22,31H,3-12,15-16,18H2,1-2H3,(H2,29,33)(H,32,36)/t19-,20?,22?/m1/s1. The molecular weight excluding hydrogens is 490 g/mol. The molecule has 2 aliphatic rings. The highest BCUT2D eigenvalue weighted by molar-refractivity contribution is 6.21. The number of amides is 1.